The van der Waals surface area contributed by atoms with Crippen molar-refractivity contribution in [1.29, 1.82) is 0 Å². The third-order valence-corrected chi connectivity index (χ3v) is 10.7. The van der Waals surface area contributed by atoms with E-state index in [1.165, 1.54) is 135 Å². The molecule has 2 unspecified atom stereocenters. The van der Waals surface area contributed by atoms with Gasteiger partial charge < -0.3 is 20.3 Å². The van der Waals surface area contributed by atoms with Gasteiger partial charge in [-0.2, -0.15) is 0 Å². The lowest BCUT2D eigenvalue weighted by Gasteiger charge is -2.20. The van der Waals surface area contributed by atoms with Crippen LogP contribution in [0.4, 0.5) is 0 Å². The van der Waals surface area contributed by atoms with Gasteiger partial charge in [0.2, 0.25) is 5.91 Å². The van der Waals surface area contributed by atoms with Crippen LogP contribution in [0, 0.1) is 0 Å². The Morgan fingerprint density at radius 1 is 0.500 bits per heavy atom. The van der Waals surface area contributed by atoms with Crippen LogP contribution in [-0.2, 0) is 14.3 Å². The molecule has 0 aromatic heterocycles. The summed E-state index contributed by atoms with van der Waals surface area (Å²) in [5.41, 5.74) is 0. The van der Waals surface area contributed by atoms with Gasteiger partial charge in [0, 0.05) is 12.8 Å². The smallest absolute Gasteiger partial charge is 0.305 e. The van der Waals surface area contributed by atoms with E-state index in [0.717, 1.165) is 83.5 Å². The minimum Gasteiger partial charge on any atom is -0.466 e. The lowest BCUT2D eigenvalue weighted by Crippen LogP contribution is -2.45. The monoisotopic (exact) mass is 762 g/mol. The van der Waals surface area contributed by atoms with Gasteiger partial charge in [-0.1, -0.05) is 199 Å². The molecule has 0 fully saturated rings. The second-order valence-electron chi connectivity index (χ2n) is 16.1. The normalized spacial score (nSPS) is 12.9. The predicted octanol–water partition coefficient (Wildman–Crippen LogP) is 13.6. The van der Waals surface area contributed by atoms with E-state index >= 15 is 0 Å². The Balaban J connectivity index is 3.56. The van der Waals surface area contributed by atoms with Crippen molar-refractivity contribution in [3.63, 3.8) is 0 Å². The first-order chi connectivity index (χ1) is 26.5. The van der Waals surface area contributed by atoms with Gasteiger partial charge >= 0.3 is 5.97 Å². The summed E-state index contributed by atoms with van der Waals surface area (Å²) in [7, 11) is 0. The molecule has 6 nitrogen and oxygen atoms in total. The molecule has 0 spiro atoms. The summed E-state index contributed by atoms with van der Waals surface area (Å²) in [5.74, 6) is -0.130. The van der Waals surface area contributed by atoms with Crippen molar-refractivity contribution in [2.75, 3.05) is 13.2 Å². The van der Waals surface area contributed by atoms with Gasteiger partial charge in [-0.05, 0) is 57.8 Å². The maximum Gasteiger partial charge on any atom is 0.305 e. The number of ether oxygens (including phenoxy) is 1. The molecule has 0 bridgehead atoms. The molecule has 0 saturated heterocycles. The van der Waals surface area contributed by atoms with Gasteiger partial charge in [0.25, 0.3) is 0 Å². The molecule has 0 aliphatic rings. The van der Waals surface area contributed by atoms with E-state index in [1.807, 2.05) is 6.08 Å². The molecule has 0 rings (SSSR count). The highest BCUT2D eigenvalue weighted by molar-refractivity contribution is 5.76. The van der Waals surface area contributed by atoms with E-state index in [1.54, 1.807) is 6.08 Å². The Hall–Kier alpha value is -1.66. The summed E-state index contributed by atoms with van der Waals surface area (Å²) in [4.78, 5) is 24.4. The summed E-state index contributed by atoms with van der Waals surface area (Å²) < 4.78 is 5.42. The van der Waals surface area contributed by atoms with Crippen LogP contribution in [0.1, 0.15) is 245 Å². The maximum absolute atomic E-state index is 12.4. The number of amides is 1. The largest absolute Gasteiger partial charge is 0.466 e. The van der Waals surface area contributed by atoms with Crippen molar-refractivity contribution in [3.8, 4) is 0 Å². The summed E-state index contributed by atoms with van der Waals surface area (Å²) in [6.45, 7) is 4.81. The topological polar surface area (TPSA) is 95.9 Å². The van der Waals surface area contributed by atoms with Gasteiger partial charge in [-0.25, -0.2) is 0 Å². The summed E-state index contributed by atoms with van der Waals surface area (Å²) in [5, 5.41) is 23.0. The number of nitrogens with one attached hydrogen (secondary N) is 1. The van der Waals surface area contributed by atoms with Gasteiger partial charge in [-0.15, -0.1) is 0 Å². The summed E-state index contributed by atoms with van der Waals surface area (Å²) >= 11 is 0. The second-order valence-corrected chi connectivity index (χ2v) is 16.1. The van der Waals surface area contributed by atoms with Crippen molar-refractivity contribution in [2.24, 2.45) is 0 Å². The first kappa shape index (κ1) is 52.3. The molecule has 54 heavy (non-hydrogen) atoms. The van der Waals surface area contributed by atoms with Crippen molar-refractivity contribution >= 4 is 11.9 Å². The number of hydrogen-bond donors (Lipinski definition) is 3. The minimum absolute atomic E-state index is 0.0322. The first-order valence-electron chi connectivity index (χ1n) is 23.6. The fraction of sp³-hybridized carbons (Fsp3) is 0.875. The van der Waals surface area contributed by atoms with E-state index in [2.05, 4.69) is 31.3 Å². The SMILES string of the molecule is CCCCCCCCCCCCC/C=C/C(O)C(CO)NC(=O)CCCCCCC/C=C\CCCCOC(=O)CCCCCCCCCCCCCCC. The van der Waals surface area contributed by atoms with Crippen LogP contribution in [0.15, 0.2) is 24.3 Å². The van der Waals surface area contributed by atoms with E-state index in [4.69, 9.17) is 4.74 Å². The molecule has 2 atom stereocenters. The van der Waals surface area contributed by atoms with Crippen LogP contribution in [0.25, 0.3) is 0 Å². The summed E-state index contributed by atoms with van der Waals surface area (Å²) in [6.07, 6.45) is 50.2. The third-order valence-electron chi connectivity index (χ3n) is 10.7. The Morgan fingerprint density at radius 3 is 1.31 bits per heavy atom. The number of aliphatic hydroxyl groups excluding tert-OH is 2. The number of carbonyl (C=O) groups excluding carboxylic acids is 2. The van der Waals surface area contributed by atoms with Crippen molar-refractivity contribution in [1.82, 2.24) is 5.32 Å². The number of unbranched alkanes of at least 4 members (excludes halogenated alkanes) is 30. The van der Waals surface area contributed by atoms with Crippen LogP contribution in [0.3, 0.4) is 0 Å². The molecular weight excluding hydrogens is 671 g/mol. The van der Waals surface area contributed by atoms with Gasteiger partial charge in [0.05, 0.1) is 25.4 Å². The number of hydrogen-bond acceptors (Lipinski definition) is 5. The van der Waals surface area contributed by atoms with Crippen molar-refractivity contribution in [3.05, 3.63) is 24.3 Å². The fourth-order valence-corrected chi connectivity index (χ4v) is 7.04. The second kappa shape index (κ2) is 44.1. The summed E-state index contributed by atoms with van der Waals surface area (Å²) in [6, 6.07) is -0.647. The fourth-order valence-electron chi connectivity index (χ4n) is 7.04. The van der Waals surface area contributed by atoms with E-state index in [-0.39, 0.29) is 18.5 Å². The molecule has 318 valence electrons. The maximum atomic E-state index is 12.4. The molecule has 0 aliphatic heterocycles. The highest BCUT2D eigenvalue weighted by Gasteiger charge is 2.18. The molecule has 0 aromatic rings. The molecule has 6 heteroatoms. The molecule has 3 N–H and O–H groups in total. The van der Waals surface area contributed by atoms with Crippen molar-refractivity contribution in [2.45, 2.75) is 257 Å². The average Bonchev–Trinajstić information content (AvgIpc) is 3.17. The molecule has 0 aliphatic carbocycles. The Labute approximate surface area is 335 Å². The molecule has 0 saturated carbocycles. The number of aliphatic hydroxyl groups is 2. The molecule has 0 aromatic carbocycles. The molecule has 0 heterocycles. The molecule has 1 amide bonds. The van der Waals surface area contributed by atoms with Crippen LogP contribution in [-0.4, -0.2) is 47.4 Å². The van der Waals surface area contributed by atoms with E-state index in [9.17, 15) is 19.8 Å². The standard InChI is InChI=1S/C48H91NO5/c1-3-5-7-9-11-13-15-17-20-24-28-32-36-40-46(51)45(44-50)49-47(52)41-37-33-29-25-21-19-23-27-31-35-39-43-54-48(53)42-38-34-30-26-22-18-16-14-12-10-8-6-4-2/h23,27,36,40,45-46,50-51H,3-22,24-26,28-35,37-39,41-44H2,1-2H3,(H,49,52)/b27-23-,40-36+. The number of esters is 1. The Bertz CT molecular complexity index is 843. The van der Waals surface area contributed by atoms with Crippen LogP contribution in [0.5, 0.6) is 0 Å². The van der Waals surface area contributed by atoms with Crippen LogP contribution < -0.4 is 5.32 Å². The van der Waals surface area contributed by atoms with Crippen molar-refractivity contribution < 1.29 is 24.5 Å². The number of rotatable bonds is 43. The first-order valence-corrected chi connectivity index (χ1v) is 23.6. The van der Waals surface area contributed by atoms with Gasteiger partial charge in [0.1, 0.15) is 0 Å². The zero-order valence-electron chi connectivity index (χ0n) is 36.0. The zero-order chi connectivity index (χ0) is 39.4. The van der Waals surface area contributed by atoms with Gasteiger partial charge in [-0.3, -0.25) is 9.59 Å². The van der Waals surface area contributed by atoms with Crippen LogP contribution >= 0.6 is 0 Å². The highest BCUT2D eigenvalue weighted by Crippen LogP contribution is 2.15. The Morgan fingerprint density at radius 2 is 0.870 bits per heavy atom. The quantitative estimate of drug-likeness (QED) is 0.0327. The third kappa shape index (κ3) is 40.0. The van der Waals surface area contributed by atoms with Crippen LogP contribution in [0.2, 0.25) is 0 Å². The highest BCUT2D eigenvalue weighted by atomic mass is 16.5. The Kier molecular flexibility index (Phi) is 42.7. The molecular formula is C48H91NO5. The number of carbonyl (C=O) groups is 2. The average molecular weight is 762 g/mol. The molecule has 0 radical (unpaired) electrons. The minimum atomic E-state index is -0.860. The predicted molar refractivity (Wildman–Crippen MR) is 232 cm³/mol. The number of allylic oxidation sites excluding steroid dienone is 3. The van der Waals surface area contributed by atoms with Gasteiger partial charge in [0.15, 0.2) is 0 Å². The van der Waals surface area contributed by atoms with E-state index < -0.39 is 12.1 Å². The zero-order valence-corrected chi connectivity index (χ0v) is 36.0. The lowest BCUT2D eigenvalue weighted by molar-refractivity contribution is -0.143. The van der Waals surface area contributed by atoms with E-state index in [0.29, 0.717) is 19.4 Å². The lowest BCUT2D eigenvalue weighted by atomic mass is 10.0.